The average Bonchev–Trinajstić information content (AvgIpc) is 2.22. The van der Waals surface area contributed by atoms with Gasteiger partial charge in [-0.2, -0.15) is 35.1 Å². The van der Waals surface area contributed by atoms with E-state index in [2.05, 4.69) is 9.47 Å². The third-order valence-corrected chi connectivity index (χ3v) is 3.19. The van der Waals surface area contributed by atoms with Crippen molar-refractivity contribution in [2.75, 3.05) is 0 Å². The van der Waals surface area contributed by atoms with Crippen molar-refractivity contribution in [1.82, 2.24) is 0 Å². The van der Waals surface area contributed by atoms with Gasteiger partial charge in [0.05, 0.1) is 6.10 Å². The van der Waals surface area contributed by atoms with Crippen LogP contribution in [0.3, 0.4) is 0 Å². The van der Waals surface area contributed by atoms with Crippen molar-refractivity contribution < 1.29 is 44.6 Å². The summed E-state index contributed by atoms with van der Waals surface area (Å²) >= 11 is 0. The number of hydrogen-bond acceptors (Lipinski definition) is 2. The second kappa shape index (κ2) is 6.26. The van der Waals surface area contributed by atoms with Gasteiger partial charge < -0.3 is 9.47 Å². The second-order valence-corrected chi connectivity index (χ2v) is 7.21. The van der Waals surface area contributed by atoms with Crippen molar-refractivity contribution in [2.24, 2.45) is 5.41 Å². The molecule has 146 valence electrons. The highest BCUT2D eigenvalue weighted by molar-refractivity contribution is 5.01. The number of hydrogen-bond donors (Lipinski definition) is 0. The third kappa shape index (κ3) is 4.12. The van der Waals surface area contributed by atoms with E-state index in [9.17, 15) is 35.1 Å². The van der Waals surface area contributed by atoms with E-state index in [0.717, 1.165) is 13.8 Å². The fourth-order valence-corrected chi connectivity index (χ4v) is 1.63. The fourth-order valence-electron chi connectivity index (χ4n) is 1.63. The van der Waals surface area contributed by atoms with E-state index in [-0.39, 0.29) is 0 Å². The predicted molar refractivity (Wildman–Crippen MR) is 70.6 cm³/mol. The molecule has 0 spiro atoms. The molecule has 0 heterocycles. The van der Waals surface area contributed by atoms with Gasteiger partial charge in [0.1, 0.15) is 0 Å². The summed E-state index contributed by atoms with van der Waals surface area (Å²) in [4.78, 5) is 0. The number of alkyl halides is 8. The Bertz CT molecular complexity index is 437. The predicted octanol–water partition coefficient (Wildman–Crippen LogP) is 5.71. The monoisotopic (exact) mass is 374 g/mol. The number of halogens is 8. The average molecular weight is 374 g/mol. The van der Waals surface area contributed by atoms with Crippen LogP contribution in [-0.2, 0) is 9.47 Å². The van der Waals surface area contributed by atoms with E-state index in [1.54, 1.807) is 0 Å². The number of rotatable bonds is 6. The molecule has 0 saturated heterocycles. The molecule has 0 aliphatic heterocycles. The van der Waals surface area contributed by atoms with Gasteiger partial charge >= 0.3 is 24.1 Å². The van der Waals surface area contributed by atoms with Gasteiger partial charge in [-0.1, -0.05) is 20.8 Å². The Balaban J connectivity index is 6.10. The molecule has 0 fully saturated rings. The highest BCUT2D eigenvalue weighted by Gasteiger charge is 2.78. The van der Waals surface area contributed by atoms with Gasteiger partial charge in [0.25, 0.3) is 0 Å². The van der Waals surface area contributed by atoms with E-state index in [0.29, 0.717) is 34.6 Å². The molecule has 0 aliphatic carbocycles. The molecule has 0 aliphatic rings. The third-order valence-electron chi connectivity index (χ3n) is 3.19. The quantitative estimate of drug-likeness (QED) is 0.555. The maximum atomic E-state index is 14.4. The van der Waals surface area contributed by atoms with Gasteiger partial charge in [0.2, 0.25) is 0 Å². The largest absolute Gasteiger partial charge is 0.455 e. The van der Waals surface area contributed by atoms with Gasteiger partial charge in [0.15, 0.2) is 5.60 Å². The van der Waals surface area contributed by atoms with E-state index >= 15 is 0 Å². The molecule has 0 rings (SSSR count). The van der Waals surface area contributed by atoms with E-state index in [1.807, 2.05) is 0 Å². The molecule has 0 aromatic heterocycles. The molecule has 0 aromatic rings. The maximum Gasteiger partial charge on any atom is 0.455 e. The van der Waals surface area contributed by atoms with Crippen LogP contribution < -0.4 is 0 Å². The number of ether oxygens (including phenoxy) is 2. The minimum atomic E-state index is -6.27. The summed E-state index contributed by atoms with van der Waals surface area (Å²) in [7, 11) is 0. The first-order valence-electron chi connectivity index (χ1n) is 7.01. The molecule has 10 heteroatoms. The van der Waals surface area contributed by atoms with Crippen LogP contribution in [0.25, 0.3) is 0 Å². The Morgan fingerprint density at radius 2 is 1.08 bits per heavy atom. The Morgan fingerprint density at radius 3 is 1.33 bits per heavy atom. The lowest BCUT2D eigenvalue weighted by atomic mass is 9.82. The van der Waals surface area contributed by atoms with Crippen molar-refractivity contribution in [3.8, 4) is 0 Å². The highest BCUT2D eigenvalue weighted by Crippen LogP contribution is 2.56. The summed E-state index contributed by atoms with van der Waals surface area (Å²) in [6.07, 6.45) is -11.9. The smallest absolute Gasteiger partial charge is 0.319 e. The molecule has 0 radical (unpaired) electrons. The Hall–Kier alpha value is -0.640. The lowest BCUT2D eigenvalue weighted by molar-refractivity contribution is -0.467. The zero-order chi connectivity index (χ0) is 20.0. The fraction of sp³-hybridized carbons (Fsp3) is 1.00. The van der Waals surface area contributed by atoms with Crippen LogP contribution in [0.15, 0.2) is 0 Å². The second-order valence-electron chi connectivity index (χ2n) is 7.21. The van der Waals surface area contributed by atoms with Gasteiger partial charge in [-0.05, 0) is 27.7 Å². The summed E-state index contributed by atoms with van der Waals surface area (Å²) < 4.78 is 118. The van der Waals surface area contributed by atoms with Crippen LogP contribution in [0.1, 0.15) is 48.5 Å². The Labute approximate surface area is 135 Å². The molecule has 0 bridgehead atoms. The van der Waals surface area contributed by atoms with Crippen molar-refractivity contribution in [2.45, 2.75) is 84.2 Å². The molecule has 0 aromatic carbocycles. The summed E-state index contributed by atoms with van der Waals surface area (Å²) in [5.74, 6) is -10.8. The van der Waals surface area contributed by atoms with Gasteiger partial charge in [-0.3, -0.25) is 0 Å². The lowest BCUT2D eigenvalue weighted by Gasteiger charge is -2.46. The SMILES string of the molecule is CC(C)OC(F)(F)C(C)(C)OC(F)(C(F)(F)F)C(F)(F)C(C)(C)C. The summed E-state index contributed by atoms with van der Waals surface area (Å²) in [6.45, 7) is 4.85. The first-order chi connectivity index (χ1) is 10.1. The van der Waals surface area contributed by atoms with Crippen molar-refractivity contribution in [1.29, 1.82) is 0 Å². The zero-order valence-electron chi connectivity index (χ0n) is 14.4. The maximum absolute atomic E-state index is 14.4. The molecule has 24 heavy (non-hydrogen) atoms. The normalized spacial score (nSPS) is 18.0. The zero-order valence-corrected chi connectivity index (χ0v) is 14.4. The minimum absolute atomic E-state index is 0.341. The van der Waals surface area contributed by atoms with Crippen LogP contribution >= 0.6 is 0 Å². The van der Waals surface area contributed by atoms with Crippen LogP contribution in [0.5, 0.6) is 0 Å². The summed E-state index contributed by atoms with van der Waals surface area (Å²) in [5, 5.41) is 0. The lowest BCUT2D eigenvalue weighted by Crippen LogP contribution is -2.67. The topological polar surface area (TPSA) is 18.5 Å². The summed E-state index contributed by atoms with van der Waals surface area (Å²) in [5.41, 5.74) is -5.90. The standard InChI is InChI=1S/C14H22F8O2/c1-8(2)23-14(21,22)10(6,7)24-12(17,13(18,19)20)11(15,16)9(3,4)5/h8H,1-7H3. The minimum Gasteiger partial charge on any atom is -0.319 e. The molecule has 0 N–H and O–H groups in total. The van der Waals surface area contributed by atoms with Gasteiger partial charge in [0, 0.05) is 5.41 Å². The van der Waals surface area contributed by atoms with Crippen LogP contribution in [-0.4, -0.2) is 35.8 Å². The molecular weight excluding hydrogens is 352 g/mol. The Kier molecular flexibility index (Phi) is 6.10. The highest BCUT2D eigenvalue weighted by atomic mass is 19.4. The molecule has 1 unspecified atom stereocenters. The first kappa shape index (κ1) is 23.4. The first-order valence-corrected chi connectivity index (χ1v) is 7.01. The van der Waals surface area contributed by atoms with Crippen LogP contribution in [0.4, 0.5) is 35.1 Å². The van der Waals surface area contributed by atoms with Crippen LogP contribution in [0.2, 0.25) is 0 Å². The van der Waals surface area contributed by atoms with Crippen molar-refractivity contribution >= 4 is 0 Å². The molecule has 2 nitrogen and oxygen atoms in total. The van der Waals surface area contributed by atoms with Gasteiger partial charge in [-0.15, -0.1) is 0 Å². The van der Waals surface area contributed by atoms with E-state index in [1.165, 1.54) is 0 Å². The van der Waals surface area contributed by atoms with Crippen molar-refractivity contribution in [3.63, 3.8) is 0 Å². The van der Waals surface area contributed by atoms with Crippen LogP contribution in [0, 0.1) is 5.41 Å². The van der Waals surface area contributed by atoms with Gasteiger partial charge in [-0.25, -0.2) is 0 Å². The van der Waals surface area contributed by atoms with Crippen molar-refractivity contribution in [3.05, 3.63) is 0 Å². The molecular formula is C14H22F8O2. The molecule has 0 saturated carbocycles. The molecule has 0 amide bonds. The molecule has 1 atom stereocenters. The van der Waals surface area contributed by atoms with E-state index < -0.39 is 41.2 Å². The van der Waals surface area contributed by atoms with E-state index in [4.69, 9.17) is 0 Å². The summed E-state index contributed by atoms with van der Waals surface area (Å²) in [6, 6.07) is 0. The Morgan fingerprint density at radius 1 is 0.708 bits per heavy atom.